The Balaban J connectivity index is 1.71. The van der Waals surface area contributed by atoms with Gasteiger partial charge in [-0.1, -0.05) is 61.9 Å². The molecule has 1 saturated heterocycles. The minimum atomic E-state index is -3.96. The van der Waals surface area contributed by atoms with E-state index in [0.717, 1.165) is 11.1 Å². The summed E-state index contributed by atoms with van der Waals surface area (Å²) < 4.78 is 28.8. The van der Waals surface area contributed by atoms with E-state index >= 15 is 0 Å². The maximum Gasteiger partial charge on any atom is 0.241 e. The van der Waals surface area contributed by atoms with E-state index in [1.165, 1.54) is 12.1 Å². The highest BCUT2D eigenvalue weighted by Crippen LogP contribution is 2.21. The van der Waals surface area contributed by atoms with Gasteiger partial charge in [-0.2, -0.15) is 4.72 Å². The van der Waals surface area contributed by atoms with Crippen molar-refractivity contribution in [2.75, 3.05) is 13.1 Å². The molecule has 1 aliphatic rings. The van der Waals surface area contributed by atoms with Crippen molar-refractivity contribution in [2.45, 2.75) is 57.0 Å². The van der Waals surface area contributed by atoms with Crippen molar-refractivity contribution in [2.24, 2.45) is 11.8 Å². The number of aliphatic carboxylic acids is 1. The largest absolute Gasteiger partial charge is 0.548 e. The predicted molar refractivity (Wildman–Crippen MR) is 137 cm³/mol. The van der Waals surface area contributed by atoms with E-state index in [-0.39, 0.29) is 42.1 Å². The molecule has 2 atom stereocenters. The first kappa shape index (κ1) is 28.3. The number of aryl methyl sites for hydroxylation is 1. The molecule has 3 rings (SSSR count). The lowest BCUT2D eigenvalue weighted by atomic mass is 9.94. The van der Waals surface area contributed by atoms with Crippen LogP contribution in [-0.2, 0) is 30.8 Å². The van der Waals surface area contributed by atoms with Gasteiger partial charge in [-0.15, -0.1) is 0 Å². The second-order valence-corrected chi connectivity index (χ2v) is 11.5. The van der Waals surface area contributed by atoms with E-state index in [4.69, 9.17) is 0 Å². The van der Waals surface area contributed by atoms with Crippen LogP contribution in [0, 0.1) is 18.8 Å². The fourth-order valence-corrected chi connectivity index (χ4v) is 5.54. The van der Waals surface area contributed by atoms with Crippen LogP contribution in [0.2, 0.25) is 0 Å². The van der Waals surface area contributed by atoms with Gasteiger partial charge in [-0.05, 0) is 49.8 Å². The lowest BCUT2D eigenvalue weighted by Crippen LogP contribution is -2.55. The summed E-state index contributed by atoms with van der Waals surface area (Å²) in [5, 5.41) is 13.9. The number of carboxylic acids is 1. The van der Waals surface area contributed by atoms with Gasteiger partial charge in [0.1, 0.15) is 6.04 Å². The van der Waals surface area contributed by atoms with E-state index in [0.29, 0.717) is 12.8 Å². The van der Waals surface area contributed by atoms with Crippen molar-refractivity contribution in [3.05, 3.63) is 65.7 Å². The minimum absolute atomic E-state index is 0.0759. The highest BCUT2D eigenvalue weighted by molar-refractivity contribution is 7.89. The van der Waals surface area contributed by atoms with Crippen LogP contribution in [0.1, 0.15) is 37.8 Å². The Labute approximate surface area is 218 Å². The Hall–Kier alpha value is -3.24. The number of nitrogens with one attached hydrogen (secondary N) is 2. The molecular weight excluding hydrogens is 494 g/mol. The third kappa shape index (κ3) is 7.62. The van der Waals surface area contributed by atoms with Gasteiger partial charge >= 0.3 is 0 Å². The van der Waals surface area contributed by atoms with Crippen molar-refractivity contribution in [3.63, 3.8) is 0 Å². The van der Waals surface area contributed by atoms with Crippen molar-refractivity contribution < 1.29 is 27.9 Å². The SMILES string of the molecule is Cc1ccc(S(=O)(=O)NC(Cc2ccccc2)C(=O)N2CCC(C(=O)NC(C(=O)[O-])C(C)C)CC2)cc1. The van der Waals surface area contributed by atoms with Crippen molar-refractivity contribution >= 4 is 27.8 Å². The predicted octanol–water partition coefficient (Wildman–Crippen LogP) is 1.01. The molecule has 2 aromatic rings. The van der Waals surface area contributed by atoms with Gasteiger partial charge in [0.25, 0.3) is 0 Å². The van der Waals surface area contributed by atoms with Gasteiger partial charge in [0.15, 0.2) is 0 Å². The van der Waals surface area contributed by atoms with Gasteiger partial charge in [-0.3, -0.25) is 9.59 Å². The summed E-state index contributed by atoms with van der Waals surface area (Å²) in [5.41, 5.74) is 1.73. The number of carbonyl (C=O) groups is 3. The lowest BCUT2D eigenvalue weighted by molar-refractivity contribution is -0.309. The highest BCUT2D eigenvalue weighted by atomic mass is 32.2. The minimum Gasteiger partial charge on any atom is -0.548 e. The Morgan fingerprint density at radius 3 is 2.14 bits per heavy atom. The third-order valence-corrected chi connectivity index (χ3v) is 8.09. The number of piperidine rings is 1. The van der Waals surface area contributed by atoms with E-state index in [1.807, 2.05) is 37.3 Å². The molecule has 0 spiro atoms. The average Bonchev–Trinajstić information content (AvgIpc) is 2.86. The number of likely N-dealkylation sites (tertiary alicyclic amines) is 1. The summed E-state index contributed by atoms with van der Waals surface area (Å²) in [6.45, 7) is 5.74. The summed E-state index contributed by atoms with van der Waals surface area (Å²) in [7, 11) is -3.96. The fourth-order valence-electron chi connectivity index (χ4n) is 4.35. The van der Waals surface area contributed by atoms with Gasteiger partial charge in [0, 0.05) is 19.0 Å². The van der Waals surface area contributed by atoms with Gasteiger partial charge in [0.2, 0.25) is 21.8 Å². The molecule has 10 heteroatoms. The second kappa shape index (κ2) is 12.3. The standard InChI is InChI=1S/C27H35N3O6S/c1-18(2)24(27(33)34)28-25(31)21-13-15-30(16-14-21)26(32)23(17-20-7-5-4-6-8-20)29-37(35,36)22-11-9-19(3)10-12-22/h4-12,18,21,23-24,29H,13-17H2,1-3H3,(H,28,31)(H,33,34)/p-1. The van der Waals surface area contributed by atoms with E-state index < -0.39 is 34.0 Å². The topological polar surface area (TPSA) is 136 Å². The molecule has 0 aliphatic carbocycles. The molecule has 9 nitrogen and oxygen atoms in total. The number of nitrogens with zero attached hydrogens (tertiary/aromatic N) is 1. The molecule has 0 aromatic heterocycles. The zero-order valence-corrected chi connectivity index (χ0v) is 22.2. The number of hydrogen-bond acceptors (Lipinski definition) is 6. The number of carbonyl (C=O) groups excluding carboxylic acids is 3. The zero-order chi connectivity index (χ0) is 27.2. The van der Waals surface area contributed by atoms with Crippen LogP contribution in [0.25, 0.3) is 0 Å². The number of carboxylic acid groups (broad SMARTS) is 1. The first-order valence-electron chi connectivity index (χ1n) is 12.4. The van der Waals surface area contributed by atoms with Crippen LogP contribution in [0.15, 0.2) is 59.5 Å². The summed E-state index contributed by atoms with van der Waals surface area (Å²) >= 11 is 0. The first-order chi connectivity index (χ1) is 17.5. The van der Waals surface area contributed by atoms with Gasteiger partial charge < -0.3 is 20.1 Å². The molecule has 0 saturated carbocycles. The molecular formula is C27H34N3O6S-. The molecule has 37 heavy (non-hydrogen) atoms. The maximum atomic E-state index is 13.5. The van der Waals surface area contributed by atoms with Crippen LogP contribution in [0.5, 0.6) is 0 Å². The lowest BCUT2D eigenvalue weighted by Gasteiger charge is -2.35. The maximum absolute atomic E-state index is 13.5. The molecule has 0 bridgehead atoms. The van der Waals surface area contributed by atoms with E-state index in [2.05, 4.69) is 10.0 Å². The van der Waals surface area contributed by atoms with Gasteiger partial charge in [0.05, 0.1) is 16.9 Å². The fraction of sp³-hybridized carbons (Fsp3) is 0.444. The molecule has 1 aliphatic heterocycles. The quantitative estimate of drug-likeness (QED) is 0.473. The summed E-state index contributed by atoms with van der Waals surface area (Å²) in [6, 6.07) is 13.5. The summed E-state index contributed by atoms with van der Waals surface area (Å²) in [6.07, 6.45) is 0.864. The van der Waals surface area contributed by atoms with Crippen LogP contribution in [0.4, 0.5) is 0 Å². The normalized spacial score (nSPS) is 16.3. The molecule has 1 heterocycles. The van der Waals surface area contributed by atoms with Crippen LogP contribution in [0.3, 0.4) is 0 Å². The molecule has 200 valence electrons. The van der Waals surface area contributed by atoms with E-state index in [1.54, 1.807) is 30.9 Å². The molecule has 0 radical (unpaired) electrons. The number of amides is 2. The zero-order valence-electron chi connectivity index (χ0n) is 21.3. The third-order valence-electron chi connectivity index (χ3n) is 6.61. The van der Waals surface area contributed by atoms with Crippen molar-refractivity contribution in [1.29, 1.82) is 0 Å². The Morgan fingerprint density at radius 2 is 1.59 bits per heavy atom. The van der Waals surface area contributed by atoms with Crippen LogP contribution >= 0.6 is 0 Å². The van der Waals surface area contributed by atoms with Crippen LogP contribution in [-0.4, -0.2) is 56.3 Å². The van der Waals surface area contributed by atoms with Crippen molar-refractivity contribution in [3.8, 4) is 0 Å². The van der Waals surface area contributed by atoms with Gasteiger partial charge in [-0.25, -0.2) is 8.42 Å². The molecule has 2 amide bonds. The molecule has 1 fully saturated rings. The average molecular weight is 529 g/mol. The molecule has 2 unspecified atom stereocenters. The number of sulfonamides is 1. The highest BCUT2D eigenvalue weighted by Gasteiger charge is 2.34. The Kier molecular flexibility index (Phi) is 9.45. The monoisotopic (exact) mass is 528 g/mol. The molecule has 2 aromatic carbocycles. The summed E-state index contributed by atoms with van der Waals surface area (Å²) in [4.78, 5) is 39.1. The van der Waals surface area contributed by atoms with Crippen molar-refractivity contribution in [1.82, 2.24) is 14.9 Å². The second-order valence-electron chi connectivity index (χ2n) is 9.83. The number of benzene rings is 2. The molecule has 2 N–H and O–H groups in total. The smallest absolute Gasteiger partial charge is 0.241 e. The number of rotatable bonds is 10. The van der Waals surface area contributed by atoms with E-state index in [9.17, 15) is 27.9 Å². The number of hydrogen-bond donors (Lipinski definition) is 2. The Morgan fingerprint density at radius 1 is 1.00 bits per heavy atom. The van der Waals surface area contributed by atoms with Crippen LogP contribution < -0.4 is 15.1 Å². The summed E-state index contributed by atoms with van der Waals surface area (Å²) in [5.74, 6) is -2.85. The first-order valence-corrected chi connectivity index (χ1v) is 13.9. The Bertz CT molecular complexity index is 1190.